The highest BCUT2D eigenvalue weighted by Crippen LogP contribution is 2.32. The SMILES string of the molecule is O=C1CCC(Nc2cccc(NC(=O)CN3CCN(CCOc4cc(C(=O)Nc5c(Cl)cncc5Cl)ccc4OC(F)F)CC3)c2)C(=O)N1. The molecule has 0 radical (unpaired) electrons. The molecule has 0 bridgehead atoms. The van der Waals surface area contributed by atoms with Crippen molar-refractivity contribution >= 4 is 63.9 Å². The molecule has 4 N–H and O–H groups in total. The molecule has 2 aliphatic heterocycles. The van der Waals surface area contributed by atoms with Crippen LogP contribution in [0, 0.1) is 0 Å². The molecule has 17 heteroatoms. The van der Waals surface area contributed by atoms with Crippen molar-refractivity contribution in [3.63, 3.8) is 0 Å². The van der Waals surface area contributed by atoms with Crippen molar-refractivity contribution in [2.75, 3.05) is 61.8 Å². The molecule has 260 valence electrons. The minimum absolute atomic E-state index is 0.0356. The summed E-state index contributed by atoms with van der Waals surface area (Å²) < 4.78 is 36.5. The molecule has 3 heterocycles. The second-order valence-corrected chi connectivity index (χ2v) is 12.0. The summed E-state index contributed by atoms with van der Waals surface area (Å²) in [5, 5.41) is 11.1. The maximum absolute atomic E-state index is 13.1. The molecule has 2 aliphatic rings. The second-order valence-electron chi connectivity index (χ2n) is 11.2. The molecule has 0 saturated carbocycles. The van der Waals surface area contributed by atoms with Gasteiger partial charge in [0.25, 0.3) is 5.91 Å². The maximum atomic E-state index is 13.1. The number of benzene rings is 2. The van der Waals surface area contributed by atoms with Gasteiger partial charge in [0.05, 0.1) is 22.3 Å². The molecule has 0 aliphatic carbocycles. The van der Waals surface area contributed by atoms with Gasteiger partial charge in [-0.15, -0.1) is 0 Å². The number of carbonyl (C=O) groups excluding carboxylic acids is 4. The lowest BCUT2D eigenvalue weighted by Gasteiger charge is -2.34. The van der Waals surface area contributed by atoms with Crippen LogP contribution < -0.4 is 30.7 Å². The number of rotatable bonds is 13. The Morgan fingerprint density at radius 3 is 2.39 bits per heavy atom. The fourth-order valence-corrected chi connectivity index (χ4v) is 5.71. The highest BCUT2D eigenvalue weighted by Gasteiger charge is 2.26. The first-order valence-electron chi connectivity index (χ1n) is 15.3. The number of halogens is 4. The second kappa shape index (κ2) is 16.7. The van der Waals surface area contributed by atoms with Crippen molar-refractivity contribution in [2.45, 2.75) is 25.5 Å². The van der Waals surface area contributed by atoms with Gasteiger partial charge in [0.2, 0.25) is 17.7 Å². The van der Waals surface area contributed by atoms with E-state index in [1.807, 2.05) is 4.90 Å². The number of imide groups is 1. The number of aromatic nitrogens is 1. The number of pyridine rings is 1. The van der Waals surface area contributed by atoms with Crippen LogP contribution in [0.2, 0.25) is 10.0 Å². The largest absolute Gasteiger partial charge is 0.488 e. The first-order valence-corrected chi connectivity index (χ1v) is 16.1. The van der Waals surface area contributed by atoms with Crippen molar-refractivity contribution in [1.29, 1.82) is 0 Å². The monoisotopic (exact) mass is 719 g/mol. The molecule has 2 fully saturated rings. The summed E-state index contributed by atoms with van der Waals surface area (Å²) in [6.45, 7) is 0.154. The number of hydrogen-bond acceptors (Lipinski definition) is 10. The number of hydrogen-bond donors (Lipinski definition) is 4. The summed E-state index contributed by atoms with van der Waals surface area (Å²) >= 11 is 12.2. The number of carbonyl (C=O) groups is 4. The standard InChI is InChI=1S/C32H33Cl2F2N7O6/c33-22-16-37-17-23(34)29(22)41-30(46)19-4-6-25(49-32(35)36)26(14-19)48-13-12-42-8-10-43(11-9-42)18-28(45)39-21-3-1-2-20(15-21)38-24-5-7-27(44)40-31(24)47/h1-4,6,14-17,24,32,38H,5,7-13,18H2,(H,39,45)(H,37,41,46)(H,40,44,47). The highest BCUT2D eigenvalue weighted by atomic mass is 35.5. The Morgan fingerprint density at radius 1 is 0.959 bits per heavy atom. The molecule has 1 atom stereocenters. The van der Waals surface area contributed by atoms with Gasteiger partial charge in [0.1, 0.15) is 12.6 Å². The van der Waals surface area contributed by atoms with Gasteiger partial charge in [-0.25, -0.2) is 0 Å². The van der Waals surface area contributed by atoms with E-state index in [4.69, 9.17) is 27.9 Å². The summed E-state index contributed by atoms with van der Waals surface area (Å²) in [5.41, 5.74) is 1.47. The van der Waals surface area contributed by atoms with E-state index in [0.29, 0.717) is 50.5 Å². The molecule has 1 unspecified atom stereocenters. The number of anilines is 3. The van der Waals surface area contributed by atoms with Crippen molar-refractivity contribution < 1.29 is 37.4 Å². The Morgan fingerprint density at radius 2 is 1.67 bits per heavy atom. The van der Waals surface area contributed by atoms with Gasteiger partial charge in [0, 0.05) is 68.5 Å². The first kappa shape index (κ1) is 35.7. The van der Waals surface area contributed by atoms with Crippen LogP contribution in [0.25, 0.3) is 0 Å². The fraction of sp³-hybridized carbons (Fsp3) is 0.344. The molecular weight excluding hydrogens is 687 g/mol. The van der Waals surface area contributed by atoms with Gasteiger partial charge >= 0.3 is 6.61 Å². The Balaban J connectivity index is 1.08. The third kappa shape index (κ3) is 10.2. The molecule has 2 aromatic carbocycles. The summed E-state index contributed by atoms with van der Waals surface area (Å²) in [4.78, 5) is 57.1. The number of nitrogens with one attached hydrogen (secondary N) is 4. The van der Waals surface area contributed by atoms with Crippen molar-refractivity contribution in [2.24, 2.45) is 0 Å². The molecule has 2 saturated heterocycles. The maximum Gasteiger partial charge on any atom is 0.387 e. The van der Waals surface area contributed by atoms with Gasteiger partial charge in [-0.1, -0.05) is 29.3 Å². The number of ether oxygens (including phenoxy) is 2. The summed E-state index contributed by atoms with van der Waals surface area (Å²) in [5.74, 6) is -1.72. The van der Waals surface area contributed by atoms with E-state index in [-0.39, 0.29) is 70.1 Å². The minimum Gasteiger partial charge on any atom is -0.488 e. The van der Waals surface area contributed by atoms with Crippen LogP contribution in [0.3, 0.4) is 0 Å². The predicted molar refractivity (Wildman–Crippen MR) is 179 cm³/mol. The highest BCUT2D eigenvalue weighted by molar-refractivity contribution is 6.39. The lowest BCUT2D eigenvalue weighted by molar-refractivity contribution is -0.133. The van der Waals surface area contributed by atoms with E-state index in [1.54, 1.807) is 24.3 Å². The zero-order valence-electron chi connectivity index (χ0n) is 26.0. The fourth-order valence-electron chi connectivity index (χ4n) is 5.25. The lowest BCUT2D eigenvalue weighted by atomic mass is 10.1. The average molecular weight is 721 g/mol. The quantitative estimate of drug-likeness (QED) is 0.190. The molecule has 5 rings (SSSR count). The van der Waals surface area contributed by atoms with Crippen LogP contribution in [0.4, 0.5) is 25.8 Å². The van der Waals surface area contributed by atoms with Crippen LogP contribution in [-0.4, -0.2) is 96.9 Å². The molecule has 49 heavy (non-hydrogen) atoms. The number of amides is 4. The van der Waals surface area contributed by atoms with Crippen LogP contribution in [0.15, 0.2) is 54.9 Å². The van der Waals surface area contributed by atoms with Crippen molar-refractivity contribution in [1.82, 2.24) is 20.1 Å². The molecule has 0 spiro atoms. The number of piperidine rings is 1. The van der Waals surface area contributed by atoms with E-state index >= 15 is 0 Å². The minimum atomic E-state index is -3.10. The summed E-state index contributed by atoms with van der Waals surface area (Å²) in [7, 11) is 0. The summed E-state index contributed by atoms with van der Waals surface area (Å²) in [6.07, 6.45) is 3.28. The van der Waals surface area contributed by atoms with Crippen LogP contribution in [-0.2, 0) is 14.4 Å². The zero-order chi connectivity index (χ0) is 34.9. The number of alkyl halides is 2. The molecular formula is C32H33Cl2F2N7O6. The number of piperazine rings is 1. The van der Waals surface area contributed by atoms with Crippen molar-refractivity contribution in [3.05, 3.63) is 70.5 Å². The van der Waals surface area contributed by atoms with E-state index in [1.165, 1.54) is 30.6 Å². The Bertz CT molecular complexity index is 1670. The normalized spacial score (nSPS) is 17.0. The summed E-state index contributed by atoms with van der Waals surface area (Å²) in [6, 6.07) is 10.3. The smallest absolute Gasteiger partial charge is 0.387 e. The van der Waals surface area contributed by atoms with Gasteiger partial charge in [-0.05, 0) is 42.8 Å². The first-order chi connectivity index (χ1) is 23.5. The Kier molecular flexibility index (Phi) is 12.2. The lowest BCUT2D eigenvalue weighted by Crippen LogP contribution is -2.49. The van der Waals surface area contributed by atoms with Crippen LogP contribution in [0.5, 0.6) is 11.5 Å². The van der Waals surface area contributed by atoms with Gasteiger partial charge in [-0.3, -0.25) is 39.3 Å². The van der Waals surface area contributed by atoms with Gasteiger partial charge in [0.15, 0.2) is 11.5 Å². The molecule has 3 aromatic rings. The van der Waals surface area contributed by atoms with Crippen LogP contribution in [0.1, 0.15) is 23.2 Å². The topological polar surface area (TPSA) is 154 Å². The van der Waals surface area contributed by atoms with E-state index < -0.39 is 18.6 Å². The molecule has 4 amide bonds. The van der Waals surface area contributed by atoms with Crippen molar-refractivity contribution in [3.8, 4) is 11.5 Å². The van der Waals surface area contributed by atoms with Gasteiger partial charge in [-0.2, -0.15) is 8.78 Å². The average Bonchev–Trinajstić information content (AvgIpc) is 3.05. The molecule has 1 aromatic heterocycles. The number of nitrogens with zero attached hydrogens (tertiary/aromatic N) is 3. The third-order valence-electron chi connectivity index (χ3n) is 7.74. The zero-order valence-corrected chi connectivity index (χ0v) is 27.5. The van der Waals surface area contributed by atoms with E-state index in [9.17, 15) is 28.0 Å². The molecule has 13 nitrogen and oxygen atoms in total. The van der Waals surface area contributed by atoms with Crippen LogP contribution >= 0.6 is 23.2 Å². The Hall–Kier alpha value is -4.57. The third-order valence-corrected chi connectivity index (χ3v) is 8.31. The van der Waals surface area contributed by atoms with E-state index in [0.717, 1.165) is 0 Å². The van der Waals surface area contributed by atoms with Gasteiger partial charge < -0.3 is 25.4 Å². The predicted octanol–water partition coefficient (Wildman–Crippen LogP) is 4.09. The van der Waals surface area contributed by atoms with E-state index in [2.05, 4.69) is 35.9 Å². The Labute approximate surface area is 290 Å².